The lowest BCUT2D eigenvalue weighted by atomic mass is 9.99. The lowest BCUT2D eigenvalue weighted by Crippen LogP contribution is -2.38. The summed E-state index contributed by atoms with van der Waals surface area (Å²) in [5, 5.41) is 5.94. The minimum atomic E-state index is 0.404. The smallest absolute Gasteiger partial charge is 0.0451 e. The van der Waals surface area contributed by atoms with Crippen molar-refractivity contribution in [3.8, 4) is 0 Å². The van der Waals surface area contributed by atoms with Gasteiger partial charge >= 0.3 is 0 Å². The van der Waals surface area contributed by atoms with Crippen LogP contribution in [0.25, 0.3) is 0 Å². The van der Waals surface area contributed by atoms with Crippen molar-refractivity contribution in [3.05, 3.63) is 34.3 Å². The number of aryl methyl sites for hydroxylation is 1. The summed E-state index contributed by atoms with van der Waals surface area (Å²) >= 11 is 10.6. The van der Waals surface area contributed by atoms with Crippen molar-refractivity contribution in [3.63, 3.8) is 0 Å². The summed E-state index contributed by atoms with van der Waals surface area (Å²) in [5.41, 5.74) is 2.49. The van der Waals surface area contributed by atoms with E-state index in [0.29, 0.717) is 11.3 Å². The molecule has 20 heavy (non-hydrogen) atoms. The van der Waals surface area contributed by atoms with Crippen molar-refractivity contribution < 1.29 is 0 Å². The Labute approximate surface area is 136 Å². The maximum atomic E-state index is 6.33. The minimum absolute atomic E-state index is 0.404. The second-order valence-corrected chi connectivity index (χ2v) is 8.24. The van der Waals surface area contributed by atoms with E-state index in [9.17, 15) is 0 Å². The first-order chi connectivity index (χ1) is 9.67. The Morgan fingerprint density at radius 2 is 2.05 bits per heavy atom. The van der Waals surface area contributed by atoms with E-state index in [1.807, 2.05) is 0 Å². The van der Waals surface area contributed by atoms with Gasteiger partial charge in [-0.2, -0.15) is 23.5 Å². The summed E-state index contributed by atoms with van der Waals surface area (Å²) in [4.78, 5) is 0. The van der Waals surface area contributed by atoms with Gasteiger partial charge in [-0.1, -0.05) is 37.6 Å². The SMILES string of the molecule is CCNC(c1ccc(C)c(Cl)c1)C1SCCSC1CC. The predicted octanol–water partition coefficient (Wildman–Crippen LogP) is 4.93. The van der Waals surface area contributed by atoms with Crippen molar-refractivity contribution in [2.45, 2.75) is 43.7 Å². The van der Waals surface area contributed by atoms with Crippen LogP contribution in [0.3, 0.4) is 0 Å². The highest BCUT2D eigenvalue weighted by atomic mass is 35.5. The van der Waals surface area contributed by atoms with Gasteiger partial charge in [-0.05, 0) is 37.1 Å². The molecule has 0 saturated carbocycles. The minimum Gasteiger partial charge on any atom is -0.309 e. The van der Waals surface area contributed by atoms with E-state index in [-0.39, 0.29) is 0 Å². The fraction of sp³-hybridized carbons (Fsp3) is 0.625. The first-order valence-electron chi connectivity index (χ1n) is 7.40. The number of thioether (sulfide) groups is 2. The largest absolute Gasteiger partial charge is 0.309 e. The van der Waals surface area contributed by atoms with Gasteiger partial charge in [-0.15, -0.1) is 0 Å². The van der Waals surface area contributed by atoms with Gasteiger partial charge < -0.3 is 5.32 Å². The molecule has 0 spiro atoms. The van der Waals surface area contributed by atoms with E-state index in [1.165, 1.54) is 23.5 Å². The number of hydrogen-bond donors (Lipinski definition) is 1. The van der Waals surface area contributed by atoms with Crippen molar-refractivity contribution >= 4 is 35.1 Å². The summed E-state index contributed by atoms with van der Waals surface area (Å²) in [6.45, 7) is 7.55. The lowest BCUT2D eigenvalue weighted by molar-refractivity contribution is 0.513. The zero-order valence-corrected chi connectivity index (χ0v) is 14.9. The van der Waals surface area contributed by atoms with Crippen LogP contribution in [0.1, 0.15) is 37.4 Å². The first-order valence-corrected chi connectivity index (χ1v) is 9.87. The molecule has 1 aromatic carbocycles. The van der Waals surface area contributed by atoms with E-state index in [1.54, 1.807) is 0 Å². The Hall–Kier alpha value is 0.170. The van der Waals surface area contributed by atoms with E-state index < -0.39 is 0 Å². The van der Waals surface area contributed by atoms with Gasteiger partial charge in [-0.3, -0.25) is 0 Å². The van der Waals surface area contributed by atoms with Crippen molar-refractivity contribution in [2.24, 2.45) is 0 Å². The second kappa shape index (κ2) is 7.98. The number of hydrogen-bond acceptors (Lipinski definition) is 3. The van der Waals surface area contributed by atoms with E-state index in [2.05, 4.69) is 67.8 Å². The van der Waals surface area contributed by atoms with Crippen LogP contribution in [0.2, 0.25) is 5.02 Å². The molecule has 1 heterocycles. The van der Waals surface area contributed by atoms with Crippen molar-refractivity contribution in [1.82, 2.24) is 5.32 Å². The first kappa shape index (κ1) is 16.5. The van der Waals surface area contributed by atoms with Crippen LogP contribution >= 0.6 is 35.1 Å². The second-order valence-electron chi connectivity index (χ2n) is 5.20. The third-order valence-corrected chi connectivity index (χ3v) is 7.56. The molecule has 0 bridgehead atoms. The summed E-state index contributed by atoms with van der Waals surface area (Å²) < 4.78 is 0. The Bertz CT molecular complexity index is 438. The molecule has 112 valence electrons. The van der Waals surface area contributed by atoms with Crippen LogP contribution in [0, 0.1) is 6.92 Å². The van der Waals surface area contributed by atoms with Gasteiger partial charge in [0.15, 0.2) is 0 Å². The normalized spacial score (nSPS) is 24.6. The molecule has 1 aliphatic rings. The molecule has 3 unspecified atom stereocenters. The van der Waals surface area contributed by atoms with Gasteiger partial charge in [0, 0.05) is 33.1 Å². The topological polar surface area (TPSA) is 12.0 Å². The molecule has 0 radical (unpaired) electrons. The summed E-state index contributed by atoms with van der Waals surface area (Å²) in [5.74, 6) is 2.54. The summed E-state index contributed by atoms with van der Waals surface area (Å²) in [6, 6.07) is 6.93. The quantitative estimate of drug-likeness (QED) is 0.823. The molecule has 1 aromatic rings. The van der Waals surface area contributed by atoms with Crippen molar-refractivity contribution in [1.29, 1.82) is 0 Å². The highest BCUT2D eigenvalue weighted by Gasteiger charge is 2.32. The molecule has 1 fully saturated rings. The molecule has 0 amide bonds. The Kier molecular flexibility index (Phi) is 6.60. The fourth-order valence-corrected chi connectivity index (χ4v) is 6.13. The molecule has 1 nitrogen and oxygen atoms in total. The molecule has 3 atom stereocenters. The van der Waals surface area contributed by atoms with Crippen LogP contribution in [-0.4, -0.2) is 28.6 Å². The van der Waals surface area contributed by atoms with Crippen LogP contribution < -0.4 is 5.32 Å². The van der Waals surface area contributed by atoms with Gasteiger partial charge in [0.1, 0.15) is 0 Å². The number of halogens is 1. The van der Waals surface area contributed by atoms with Crippen LogP contribution in [0.15, 0.2) is 18.2 Å². The molecule has 0 aliphatic carbocycles. The zero-order valence-electron chi connectivity index (χ0n) is 12.5. The highest BCUT2D eigenvalue weighted by Crippen LogP contribution is 2.40. The predicted molar refractivity (Wildman–Crippen MR) is 95.4 cm³/mol. The molecular weight excluding hydrogens is 306 g/mol. The van der Waals surface area contributed by atoms with Gasteiger partial charge in [-0.25, -0.2) is 0 Å². The average Bonchev–Trinajstić information content (AvgIpc) is 2.48. The molecular formula is C16H24ClNS2. The Morgan fingerprint density at radius 1 is 1.30 bits per heavy atom. The van der Waals surface area contributed by atoms with Gasteiger partial charge in [0.2, 0.25) is 0 Å². The Balaban J connectivity index is 2.26. The standard InChI is InChI=1S/C16H24ClNS2/c1-4-14-16(20-9-8-19-14)15(18-5-2)12-7-6-11(3)13(17)10-12/h6-7,10,14-16,18H,4-5,8-9H2,1-3H3. The molecule has 1 N–H and O–H groups in total. The fourth-order valence-electron chi connectivity index (χ4n) is 2.69. The summed E-state index contributed by atoms with van der Waals surface area (Å²) in [7, 11) is 0. The maximum Gasteiger partial charge on any atom is 0.0451 e. The number of benzene rings is 1. The number of rotatable bonds is 5. The average molecular weight is 330 g/mol. The van der Waals surface area contributed by atoms with Crippen LogP contribution in [-0.2, 0) is 0 Å². The van der Waals surface area contributed by atoms with Crippen molar-refractivity contribution in [2.75, 3.05) is 18.1 Å². The third-order valence-electron chi connectivity index (χ3n) is 3.80. The van der Waals surface area contributed by atoms with Crippen LogP contribution in [0.4, 0.5) is 0 Å². The molecule has 0 aromatic heterocycles. The molecule has 4 heteroatoms. The van der Waals surface area contributed by atoms with E-state index in [0.717, 1.165) is 22.4 Å². The number of nitrogens with one attached hydrogen (secondary N) is 1. The Morgan fingerprint density at radius 3 is 2.70 bits per heavy atom. The van der Waals surface area contributed by atoms with E-state index in [4.69, 9.17) is 11.6 Å². The van der Waals surface area contributed by atoms with Crippen LogP contribution in [0.5, 0.6) is 0 Å². The monoisotopic (exact) mass is 329 g/mol. The maximum absolute atomic E-state index is 6.33. The molecule has 1 aliphatic heterocycles. The molecule has 2 rings (SSSR count). The van der Waals surface area contributed by atoms with E-state index >= 15 is 0 Å². The summed E-state index contributed by atoms with van der Waals surface area (Å²) in [6.07, 6.45) is 1.24. The van der Waals surface area contributed by atoms with Gasteiger partial charge in [0.25, 0.3) is 0 Å². The molecule has 1 saturated heterocycles. The third kappa shape index (κ3) is 3.88. The zero-order chi connectivity index (χ0) is 14.5. The lowest BCUT2D eigenvalue weighted by Gasteiger charge is -2.36. The highest BCUT2D eigenvalue weighted by molar-refractivity contribution is 8.07. The van der Waals surface area contributed by atoms with Gasteiger partial charge in [0.05, 0.1) is 0 Å².